The van der Waals surface area contributed by atoms with Crippen LogP contribution >= 0.6 is 0 Å². The number of hydrogen-bond donors (Lipinski definition) is 6. The molecule has 0 saturated heterocycles. The van der Waals surface area contributed by atoms with Crippen molar-refractivity contribution in [3.05, 3.63) is 91.8 Å². The Kier molecular flexibility index (Phi) is 11.7. The maximum Gasteiger partial charge on any atom is 0.326 e. The Hall–Kier alpha value is -6.05. The van der Waals surface area contributed by atoms with Crippen molar-refractivity contribution >= 4 is 57.2 Å². The van der Waals surface area contributed by atoms with Gasteiger partial charge >= 0.3 is 24.0 Å². The smallest absolute Gasteiger partial charge is 0.326 e. The molecule has 3 aromatic heterocycles. The Balaban J connectivity index is 0.983. The number of carboxylic acid groups (broad SMARTS) is 2. The van der Waals surface area contributed by atoms with Crippen molar-refractivity contribution < 1.29 is 34.0 Å². The summed E-state index contributed by atoms with van der Waals surface area (Å²) in [6.45, 7) is 1.34. The van der Waals surface area contributed by atoms with Gasteiger partial charge in [-0.1, -0.05) is 12.1 Å². The molecule has 0 fully saturated rings. The number of pyridine rings is 2. The molecule has 0 saturated carbocycles. The predicted octanol–water partition coefficient (Wildman–Crippen LogP) is 4.76. The first kappa shape index (κ1) is 34.3. The zero-order valence-corrected chi connectivity index (χ0v) is 26.8. The Morgan fingerprint density at radius 3 is 1.78 bits per heavy atom. The summed E-state index contributed by atoms with van der Waals surface area (Å²) in [6, 6.07) is 14.7. The van der Waals surface area contributed by atoms with Crippen molar-refractivity contribution in [2.24, 2.45) is 0 Å². The molecule has 2 aromatic carbocycles. The minimum atomic E-state index is -1.10. The van der Waals surface area contributed by atoms with E-state index in [9.17, 15) is 29.4 Å². The van der Waals surface area contributed by atoms with Crippen LogP contribution in [0.5, 0.6) is 0 Å². The lowest BCUT2D eigenvalue weighted by Crippen LogP contribution is -2.43. The molecule has 2 atom stereocenters. The lowest BCUT2D eigenvalue weighted by atomic mass is 10.1. The summed E-state index contributed by atoms with van der Waals surface area (Å²) in [5, 5.41) is 31.5. The molecular weight excluding hydrogens is 628 g/mol. The number of aliphatic carboxylic acids is 2. The third-order valence-electron chi connectivity index (χ3n) is 7.99. The number of nitrogens with one attached hydrogen (secondary N) is 4. The number of aryl methyl sites for hydroxylation is 2. The number of fused-ring (bicyclic) bond motifs is 2. The Labute approximate surface area is 282 Å². The molecular formula is C35H39N8O6+. The van der Waals surface area contributed by atoms with E-state index in [0.717, 1.165) is 21.8 Å². The molecule has 0 aliphatic heterocycles. The van der Waals surface area contributed by atoms with E-state index in [1.807, 2.05) is 40.0 Å². The van der Waals surface area contributed by atoms with E-state index in [4.69, 9.17) is 0 Å². The number of carbonyl (C=O) groups is 4. The number of carbonyl (C=O) groups excluding carboxylic acids is 2. The second-order valence-corrected chi connectivity index (χ2v) is 11.7. The highest BCUT2D eigenvalue weighted by molar-refractivity contribution is 5.95. The zero-order chi connectivity index (χ0) is 34.6. The van der Waals surface area contributed by atoms with Crippen molar-refractivity contribution in [1.29, 1.82) is 0 Å². The molecule has 0 spiro atoms. The van der Waals surface area contributed by atoms with Crippen molar-refractivity contribution in [2.75, 3.05) is 10.6 Å². The van der Waals surface area contributed by atoms with E-state index in [-0.39, 0.29) is 12.8 Å². The molecule has 0 radical (unpaired) electrons. The normalized spacial score (nSPS) is 12.2. The van der Waals surface area contributed by atoms with Crippen molar-refractivity contribution in [3.63, 3.8) is 0 Å². The standard InChI is InChI=1S/C35H38N8O6/c44-32(45)30(40-34(48)38-26-11-13-28-24(21-26)7-5-15-36-28)9-1-3-17-42-19-20-43(23-42)18-4-2-10-31(33(46)47)41-35(49)39-27-12-14-29-25(22-27)8-6-16-37-29/h5-8,11-16,19-23,30-31H,1-4,9-10,17-18H2,(H5-,38,39,40,41,44,45,46,47,48,49)/p+1/t30-,31-/m0/s1. The SMILES string of the molecule is O=C(Nc1ccc2ncccc2c1)N[C@@H](CCCCn1cc[n+](CCCC[C@H](NC(=O)Nc2ccc3ncccc3c2)C(=O)O)c1)C(=O)O. The number of hydrogen-bond acceptors (Lipinski definition) is 6. The number of anilines is 2. The van der Waals surface area contributed by atoms with Gasteiger partial charge in [-0.05, 0) is 87.1 Å². The summed E-state index contributed by atoms with van der Waals surface area (Å²) in [4.78, 5) is 57.0. The molecule has 3 heterocycles. The van der Waals surface area contributed by atoms with Gasteiger partial charge in [-0.15, -0.1) is 0 Å². The van der Waals surface area contributed by atoms with Gasteiger partial charge in [0.05, 0.1) is 24.1 Å². The van der Waals surface area contributed by atoms with E-state index in [1.165, 1.54) is 0 Å². The van der Waals surface area contributed by atoms with Crippen molar-refractivity contribution in [1.82, 2.24) is 25.2 Å². The third-order valence-corrected chi connectivity index (χ3v) is 7.99. The number of rotatable bonds is 16. The van der Waals surface area contributed by atoms with Gasteiger partial charge in [0, 0.05) is 34.5 Å². The van der Waals surface area contributed by atoms with Crippen LogP contribution in [-0.2, 0) is 22.7 Å². The first-order valence-electron chi connectivity index (χ1n) is 16.1. The van der Waals surface area contributed by atoms with Gasteiger partial charge in [0.1, 0.15) is 24.5 Å². The van der Waals surface area contributed by atoms with E-state index < -0.39 is 36.1 Å². The summed E-state index contributed by atoms with van der Waals surface area (Å²) in [6.07, 6.45) is 12.3. The molecule has 14 nitrogen and oxygen atoms in total. The zero-order valence-electron chi connectivity index (χ0n) is 26.8. The lowest BCUT2D eigenvalue weighted by Gasteiger charge is -2.15. The average molecular weight is 668 g/mol. The van der Waals surface area contributed by atoms with Crippen molar-refractivity contribution in [2.45, 2.75) is 63.7 Å². The highest BCUT2D eigenvalue weighted by atomic mass is 16.4. The van der Waals surface area contributed by atoms with Crippen LogP contribution in [0.15, 0.2) is 91.8 Å². The predicted molar refractivity (Wildman–Crippen MR) is 183 cm³/mol. The Bertz CT molecular complexity index is 1790. The average Bonchev–Trinajstić information content (AvgIpc) is 3.54. The summed E-state index contributed by atoms with van der Waals surface area (Å²) >= 11 is 0. The minimum absolute atomic E-state index is 0.280. The van der Waals surface area contributed by atoms with Crippen LogP contribution in [0.25, 0.3) is 21.8 Å². The number of imidazole rings is 1. The summed E-state index contributed by atoms with van der Waals surface area (Å²) in [7, 11) is 0. The maximum atomic E-state index is 12.5. The van der Waals surface area contributed by atoms with Gasteiger partial charge < -0.3 is 31.5 Å². The fraction of sp³-hybridized carbons (Fsp3) is 0.286. The fourth-order valence-corrected chi connectivity index (χ4v) is 5.46. The minimum Gasteiger partial charge on any atom is -0.480 e. The van der Waals surface area contributed by atoms with Gasteiger partial charge in [0.15, 0.2) is 0 Å². The highest BCUT2D eigenvalue weighted by Crippen LogP contribution is 2.18. The van der Waals surface area contributed by atoms with E-state index in [2.05, 4.69) is 31.2 Å². The number of carboxylic acids is 2. The monoisotopic (exact) mass is 667 g/mol. The molecule has 0 aliphatic carbocycles. The Morgan fingerprint density at radius 1 is 0.714 bits per heavy atom. The maximum absolute atomic E-state index is 12.5. The quantitative estimate of drug-likeness (QED) is 0.0641. The second-order valence-electron chi connectivity index (χ2n) is 11.7. The summed E-state index contributed by atoms with van der Waals surface area (Å²) in [5.41, 5.74) is 2.67. The molecule has 49 heavy (non-hydrogen) atoms. The van der Waals surface area contributed by atoms with Gasteiger partial charge in [0.2, 0.25) is 6.33 Å². The highest BCUT2D eigenvalue weighted by Gasteiger charge is 2.21. The van der Waals surface area contributed by atoms with Gasteiger partial charge in [-0.25, -0.2) is 28.3 Å². The number of aromatic nitrogens is 4. The van der Waals surface area contributed by atoms with Crippen LogP contribution in [0, 0.1) is 0 Å². The lowest BCUT2D eigenvalue weighted by molar-refractivity contribution is -0.696. The van der Waals surface area contributed by atoms with E-state index >= 15 is 0 Å². The number of amides is 4. The summed E-state index contributed by atoms with van der Waals surface area (Å²) < 4.78 is 4.00. The molecule has 0 bridgehead atoms. The van der Waals surface area contributed by atoms with Crippen LogP contribution in [0.1, 0.15) is 38.5 Å². The van der Waals surface area contributed by atoms with Crippen LogP contribution < -0.4 is 25.8 Å². The molecule has 14 heteroatoms. The molecule has 0 unspecified atom stereocenters. The van der Waals surface area contributed by atoms with Crippen LogP contribution in [0.4, 0.5) is 21.0 Å². The molecule has 4 amide bonds. The first-order chi connectivity index (χ1) is 23.7. The van der Waals surface area contributed by atoms with E-state index in [0.29, 0.717) is 50.1 Å². The first-order valence-corrected chi connectivity index (χ1v) is 16.1. The van der Waals surface area contributed by atoms with Crippen LogP contribution in [0.3, 0.4) is 0 Å². The second kappa shape index (κ2) is 16.7. The summed E-state index contributed by atoms with van der Waals surface area (Å²) in [5.74, 6) is -2.19. The fourth-order valence-electron chi connectivity index (χ4n) is 5.46. The number of unbranched alkanes of at least 4 members (excludes halogenated alkanes) is 2. The largest absolute Gasteiger partial charge is 0.480 e. The van der Waals surface area contributed by atoms with Crippen LogP contribution in [-0.4, -0.2) is 60.8 Å². The van der Waals surface area contributed by atoms with Gasteiger partial charge in [-0.2, -0.15) is 0 Å². The number of urea groups is 2. The van der Waals surface area contributed by atoms with Crippen molar-refractivity contribution in [3.8, 4) is 0 Å². The number of nitrogens with zero attached hydrogens (tertiary/aromatic N) is 4. The van der Waals surface area contributed by atoms with Gasteiger partial charge in [-0.3, -0.25) is 9.97 Å². The molecule has 0 aliphatic rings. The topological polar surface area (TPSA) is 191 Å². The Morgan fingerprint density at radius 2 is 1.24 bits per heavy atom. The van der Waals surface area contributed by atoms with Gasteiger partial charge in [0.25, 0.3) is 0 Å². The third kappa shape index (κ3) is 10.2. The number of benzene rings is 2. The van der Waals surface area contributed by atoms with Crippen LogP contribution in [0.2, 0.25) is 0 Å². The molecule has 254 valence electrons. The molecule has 5 aromatic rings. The van der Waals surface area contributed by atoms with E-state index in [1.54, 1.807) is 60.9 Å². The molecule has 5 rings (SSSR count). The molecule has 6 N–H and O–H groups in total.